The first kappa shape index (κ1) is 12.5. The Morgan fingerprint density at radius 2 is 1.83 bits per heavy atom. The van der Waals surface area contributed by atoms with Gasteiger partial charge in [-0.05, 0) is 23.6 Å². The van der Waals surface area contributed by atoms with E-state index in [-0.39, 0.29) is 0 Å². The van der Waals surface area contributed by atoms with Crippen molar-refractivity contribution in [3.05, 3.63) is 60.2 Å². The van der Waals surface area contributed by atoms with Crippen molar-refractivity contribution in [3.63, 3.8) is 0 Å². The Kier molecular flexibility index (Phi) is 4.24. The molecule has 1 atom stereocenters. The van der Waals surface area contributed by atoms with Crippen LogP contribution in [0.1, 0.15) is 18.4 Å². The van der Waals surface area contributed by atoms with Crippen LogP contribution in [-0.2, 0) is 0 Å². The molecule has 0 heterocycles. The maximum Gasteiger partial charge on any atom is 0.120 e. The van der Waals surface area contributed by atoms with Crippen molar-refractivity contribution in [3.8, 4) is 5.75 Å². The monoisotopic (exact) mass is 241 g/mol. The maximum absolute atomic E-state index is 5.21. The van der Waals surface area contributed by atoms with Crippen molar-refractivity contribution >= 4 is 5.69 Å². The van der Waals surface area contributed by atoms with Gasteiger partial charge in [-0.25, -0.2) is 0 Å². The van der Waals surface area contributed by atoms with Crippen molar-refractivity contribution in [1.82, 2.24) is 0 Å². The van der Waals surface area contributed by atoms with Gasteiger partial charge in [0.15, 0.2) is 0 Å². The van der Waals surface area contributed by atoms with Gasteiger partial charge in [0.25, 0.3) is 0 Å². The van der Waals surface area contributed by atoms with Gasteiger partial charge < -0.3 is 10.1 Å². The maximum atomic E-state index is 5.21. The lowest BCUT2D eigenvalue weighted by Crippen LogP contribution is -2.09. The van der Waals surface area contributed by atoms with Gasteiger partial charge in [-0.3, -0.25) is 0 Å². The number of hydrogen-bond donors (Lipinski definition) is 1. The second-order valence-electron chi connectivity index (χ2n) is 4.42. The standard InChI is InChI=1S/C16H19NO/c1-13(14-7-4-3-5-8-14)12-17-15-9-6-10-16(11-15)18-2/h3-11,13,17H,12H2,1-2H3. The second-order valence-corrected chi connectivity index (χ2v) is 4.42. The van der Waals surface area contributed by atoms with Crippen LogP contribution in [0.3, 0.4) is 0 Å². The number of rotatable bonds is 5. The summed E-state index contributed by atoms with van der Waals surface area (Å²) >= 11 is 0. The Hall–Kier alpha value is -1.96. The molecule has 18 heavy (non-hydrogen) atoms. The fraction of sp³-hybridized carbons (Fsp3) is 0.250. The van der Waals surface area contributed by atoms with E-state index in [0.29, 0.717) is 5.92 Å². The summed E-state index contributed by atoms with van der Waals surface area (Å²) in [5.41, 5.74) is 2.45. The lowest BCUT2D eigenvalue weighted by atomic mass is 10.0. The Morgan fingerprint density at radius 1 is 1.06 bits per heavy atom. The summed E-state index contributed by atoms with van der Waals surface area (Å²) in [6.07, 6.45) is 0. The van der Waals surface area contributed by atoms with Gasteiger partial charge in [-0.1, -0.05) is 43.3 Å². The molecule has 2 aromatic carbocycles. The van der Waals surface area contributed by atoms with Crippen molar-refractivity contribution in [2.45, 2.75) is 12.8 Å². The van der Waals surface area contributed by atoms with Crippen LogP contribution < -0.4 is 10.1 Å². The highest BCUT2D eigenvalue weighted by atomic mass is 16.5. The second kappa shape index (κ2) is 6.10. The summed E-state index contributed by atoms with van der Waals surface area (Å²) in [6.45, 7) is 3.14. The molecule has 0 aromatic heterocycles. The van der Waals surface area contributed by atoms with E-state index < -0.39 is 0 Å². The van der Waals surface area contributed by atoms with Crippen molar-refractivity contribution < 1.29 is 4.74 Å². The fourth-order valence-electron chi connectivity index (χ4n) is 1.90. The first-order valence-electron chi connectivity index (χ1n) is 6.22. The third-order valence-corrected chi connectivity index (χ3v) is 3.05. The number of hydrogen-bond acceptors (Lipinski definition) is 2. The van der Waals surface area contributed by atoms with Gasteiger partial charge in [0.05, 0.1) is 7.11 Å². The molecule has 0 bridgehead atoms. The van der Waals surface area contributed by atoms with Crippen LogP contribution >= 0.6 is 0 Å². The molecular formula is C16H19NO. The first-order chi connectivity index (χ1) is 8.79. The molecule has 0 fully saturated rings. The van der Waals surface area contributed by atoms with E-state index in [4.69, 9.17) is 4.74 Å². The molecule has 0 amide bonds. The van der Waals surface area contributed by atoms with Crippen molar-refractivity contribution in [1.29, 1.82) is 0 Å². The van der Waals surface area contributed by atoms with Gasteiger partial charge in [0, 0.05) is 18.3 Å². The molecule has 2 aromatic rings. The molecule has 0 saturated heterocycles. The average molecular weight is 241 g/mol. The average Bonchev–Trinajstić information content (AvgIpc) is 2.46. The summed E-state index contributed by atoms with van der Waals surface area (Å²) < 4.78 is 5.21. The fourth-order valence-corrected chi connectivity index (χ4v) is 1.90. The van der Waals surface area contributed by atoms with Gasteiger partial charge in [0.1, 0.15) is 5.75 Å². The van der Waals surface area contributed by atoms with Crippen LogP contribution in [0.25, 0.3) is 0 Å². The predicted octanol–water partition coefficient (Wildman–Crippen LogP) is 3.91. The minimum Gasteiger partial charge on any atom is -0.497 e. The molecule has 2 rings (SSSR count). The Balaban J connectivity index is 1.95. The van der Waals surface area contributed by atoms with Crippen LogP contribution in [0.5, 0.6) is 5.75 Å². The summed E-state index contributed by atoms with van der Waals surface area (Å²) in [5, 5.41) is 3.44. The highest BCUT2D eigenvalue weighted by molar-refractivity contribution is 5.48. The molecule has 2 heteroatoms. The minimum atomic E-state index is 0.484. The Bertz CT molecular complexity index is 481. The number of benzene rings is 2. The molecular weight excluding hydrogens is 222 g/mol. The zero-order valence-corrected chi connectivity index (χ0v) is 10.9. The molecule has 0 aliphatic rings. The van der Waals surface area contributed by atoms with Gasteiger partial charge in [-0.15, -0.1) is 0 Å². The molecule has 1 unspecified atom stereocenters. The normalized spacial score (nSPS) is 11.9. The third-order valence-electron chi connectivity index (χ3n) is 3.05. The van der Waals surface area contributed by atoms with Crippen LogP contribution in [0.15, 0.2) is 54.6 Å². The lowest BCUT2D eigenvalue weighted by molar-refractivity contribution is 0.415. The summed E-state index contributed by atoms with van der Waals surface area (Å²) in [5.74, 6) is 1.37. The van der Waals surface area contributed by atoms with Crippen LogP contribution in [0.4, 0.5) is 5.69 Å². The minimum absolute atomic E-state index is 0.484. The van der Waals surface area contributed by atoms with Crippen LogP contribution in [0.2, 0.25) is 0 Å². The molecule has 0 aliphatic heterocycles. The Morgan fingerprint density at radius 3 is 2.56 bits per heavy atom. The van der Waals surface area contributed by atoms with E-state index in [1.807, 2.05) is 24.3 Å². The number of nitrogens with one attached hydrogen (secondary N) is 1. The Labute approximate surface area is 109 Å². The number of methoxy groups -OCH3 is 1. The van der Waals surface area contributed by atoms with E-state index in [1.54, 1.807) is 7.11 Å². The molecule has 1 N–H and O–H groups in total. The highest BCUT2D eigenvalue weighted by Gasteiger charge is 2.04. The van der Waals surface area contributed by atoms with Gasteiger partial charge in [-0.2, -0.15) is 0 Å². The first-order valence-corrected chi connectivity index (χ1v) is 6.22. The smallest absolute Gasteiger partial charge is 0.120 e. The zero-order valence-electron chi connectivity index (χ0n) is 10.9. The lowest BCUT2D eigenvalue weighted by Gasteiger charge is -2.14. The topological polar surface area (TPSA) is 21.3 Å². The van der Waals surface area contributed by atoms with Crippen LogP contribution in [0, 0.1) is 0 Å². The molecule has 0 saturated carbocycles. The van der Waals surface area contributed by atoms with E-state index in [0.717, 1.165) is 18.0 Å². The zero-order chi connectivity index (χ0) is 12.8. The van der Waals surface area contributed by atoms with Crippen molar-refractivity contribution in [2.24, 2.45) is 0 Å². The van der Waals surface area contributed by atoms with E-state index in [9.17, 15) is 0 Å². The SMILES string of the molecule is COc1cccc(NCC(C)c2ccccc2)c1. The molecule has 0 spiro atoms. The molecule has 0 aliphatic carbocycles. The number of ether oxygens (including phenoxy) is 1. The summed E-state index contributed by atoms with van der Waals surface area (Å²) in [4.78, 5) is 0. The summed E-state index contributed by atoms with van der Waals surface area (Å²) in [7, 11) is 1.69. The van der Waals surface area contributed by atoms with E-state index in [1.165, 1.54) is 5.56 Å². The summed E-state index contributed by atoms with van der Waals surface area (Å²) in [6, 6.07) is 18.6. The molecule has 0 radical (unpaired) electrons. The van der Waals surface area contributed by atoms with Gasteiger partial charge in [0.2, 0.25) is 0 Å². The van der Waals surface area contributed by atoms with Crippen molar-refractivity contribution in [2.75, 3.05) is 19.0 Å². The third kappa shape index (κ3) is 3.27. The van der Waals surface area contributed by atoms with E-state index in [2.05, 4.69) is 42.6 Å². The molecule has 94 valence electrons. The van der Waals surface area contributed by atoms with E-state index >= 15 is 0 Å². The highest BCUT2D eigenvalue weighted by Crippen LogP contribution is 2.19. The predicted molar refractivity (Wildman–Crippen MR) is 76.3 cm³/mol. The largest absolute Gasteiger partial charge is 0.497 e. The quantitative estimate of drug-likeness (QED) is 0.857. The van der Waals surface area contributed by atoms with Crippen LogP contribution in [-0.4, -0.2) is 13.7 Å². The molecule has 2 nitrogen and oxygen atoms in total. The number of anilines is 1. The van der Waals surface area contributed by atoms with Gasteiger partial charge >= 0.3 is 0 Å².